The Balaban J connectivity index is 2.05. The van der Waals surface area contributed by atoms with Gasteiger partial charge in [0.2, 0.25) is 0 Å². The Labute approximate surface area is 119 Å². The topological polar surface area (TPSA) is 37.8 Å². The Morgan fingerprint density at radius 1 is 1.32 bits per heavy atom. The fourth-order valence-corrected chi connectivity index (χ4v) is 3.07. The van der Waals surface area contributed by atoms with Crippen LogP contribution in [0.3, 0.4) is 0 Å². The van der Waals surface area contributed by atoms with Gasteiger partial charge in [0, 0.05) is 17.8 Å². The molecular formula is C14H21ClFN3. The van der Waals surface area contributed by atoms with Crippen LogP contribution in [0.15, 0.2) is 6.33 Å². The molecule has 0 spiro atoms. The van der Waals surface area contributed by atoms with Crippen molar-refractivity contribution in [2.24, 2.45) is 5.41 Å². The summed E-state index contributed by atoms with van der Waals surface area (Å²) in [7, 11) is 0. The highest BCUT2D eigenvalue weighted by Crippen LogP contribution is 2.37. The molecule has 1 aliphatic rings. The molecule has 1 fully saturated rings. The summed E-state index contributed by atoms with van der Waals surface area (Å²) in [6, 6.07) is 0. The van der Waals surface area contributed by atoms with Crippen LogP contribution in [-0.2, 0) is 6.42 Å². The van der Waals surface area contributed by atoms with E-state index in [9.17, 15) is 4.39 Å². The Bertz CT molecular complexity index is 419. The third kappa shape index (κ3) is 3.35. The van der Waals surface area contributed by atoms with Crippen LogP contribution in [0.2, 0.25) is 0 Å². The first-order valence-electron chi connectivity index (χ1n) is 7.00. The molecule has 1 heterocycles. The zero-order valence-electron chi connectivity index (χ0n) is 11.4. The van der Waals surface area contributed by atoms with E-state index in [1.165, 1.54) is 25.6 Å². The van der Waals surface area contributed by atoms with E-state index < -0.39 is 0 Å². The summed E-state index contributed by atoms with van der Waals surface area (Å²) in [5.41, 5.74) is 0.546. The molecule has 1 aliphatic carbocycles. The molecule has 0 amide bonds. The first-order chi connectivity index (χ1) is 9.21. The van der Waals surface area contributed by atoms with E-state index in [2.05, 4.69) is 15.3 Å². The van der Waals surface area contributed by atoms with Crippen molar-refractivity contribution in [1.82, 2.24) is 9.97 Å². The molecule has 19 heavy (non-hydrogen) atoms. The molecule has 0 saturated heterocycles. The molecule has 2 rings (SSSR count). The van der Waals surface area contributed by atoms with E-state index in [0.29, 0.717) is 30.4 Å². The van der Waals surface area contributed by atoms with Crippen LogP contribution in [0, 0.1) is 11.2 Å². The second-order valence-electron chi connectivity index (χ2n) is 5.38. The molecule has 1 N–H and O–H groups in total. The number of nitrogens with zero attached hydrogens (tertiary/aromatic N) is 2. The predicted molar refractivity (Wildman–Crippen MR) is 76.1 cm³/mol. The third-order valence-electron chi connectivity index (χ3n) is 4.03. The molecular weight excluding hydrogens is 265 g/mol. The van der Waals surface area contributed by atoms with Gasteiger partial charge in [-0.25, -0.2) is 14.4 Å². The third-order valence-corrected chi connectivity index (χ3v) is 4.59. The number of nitrogens with one attached hydrogen (secondary N) is 1. The number of rotatable bonds is 5. The SMILES string of the molecule is CCc1ncnc(NCC2(CCl)CCCCC2)c1F. The lowest BCUT2D eigenvalue weighted by Crippen LogP contribution is -2.34. The number of alkyl halides is 1. The molecule has 3 nitrogen and oxygen atoms in total. The largest absolute Gasteiger partial charge is 0.367 e. The van der Waals surface area contributed by atoms with Gasteiger partial charge in [-0.2, -0.15) is 0 Å². The molecule has 1 aromatic heterocycles. The van der Waals surface area contributed by atoms with Crippen LogP contribution < -0.4 is 5.32 Å². The number of anilines is 1. The highest BCUT2D eigenvalue weighted by Gasteiger charge is 2.31. The summed E-state index contributed by atoms with van der Waals surface area (Å²) in [6.07, 6.45) is 7.90. The first kappa shape index (κ1) is 14.5. The number of hydrogen-bond donors (Lipinski definition) is 1. The van der Waals surface area contributed by atoms with Gasteiger partial charge in [-0.3, -0.25) is 0 Å². The highest BCUT2D eigenvalue weighted by atomic mass is 35.5. The van der Waals surface area contributed by atoms with Gasteiger partial charge in [0.1, 0.15) is 6.33 Å². The van der Waals surface area contributed by atoms with Crippen LogP contribution in [0.5, 0.6) is 0 Å². The number of aromatic nitrogens is 2. The standard InChI is InChI=1S/C14H21ClFN3/c1-2-11-12(16)13(19-10-18-11)17-9-14(8-15)6-4-3-5-7-14/h10H,2-9H2,1H3,(H,17,18,19). The minimum atomic E-state index is -0.328. The molecule has 0 atom stereocenters. The van der Waals surface area contributed by atoms with Gasteiger partial charge in [0.05, 0.1) is 5.69 Å². The van der Waals surface area contributed by atoms with Gasteiger partial charge in [-0.1, -0.05) is 26.2 Å². The Morgan fingerprint density at radius 3 is 2.68 bits per heavy atom. The molecule has 0 radical (unpaired) electrons. The van der Waals surface area contributed by atoms with Gasteiger partial charge in [0.25, 0.3) is 0 Å². The summed E-state index contributed by atoms with van der Waals surface area (Å²) < 4.78 is 14.0. The Kier molecular flexibility index (Phi) is 4.97. The van der Waals surface area contributed by atoms with Gasteiger partial charge in [0.15, 0.2) is 11.6 Å². The zero-order chi connectivity index (χ0) is 13.7. The van der Waals surface area contributed by atoms with E-state index >= 15 is 0 Å². The van der Waals surface area contributed by atoms with Crippen LogP contribution in [0.25, 0.3) is 0 Å². The molecule has 1 aromatic rings. The summed E-state index contributed by atoms with van der Waals surface area (Å²) in [5.74, 6) is 0.598. The smallest absolute Gasteiger partial charge is 0.186 e. The Hall–Kier alpha value is -0.900. The zero-order valence-corrected chi connectivity index (χ0v) is 12.1. The lowest BCUT2D eigenvalue weighted by atomic mass is 9.75. The summed E-state index contributed by atoms with van der Waals surface area (Å²) in [5, 5.41) is 3.14. The van der Waals surface area contributed by atoms with E-state index in [0.717, 1.165) is 12.8 Å². The summed E-state index contributed by atoms with van der Waals surface area (Å²) >= 11 is 6.14. The minimum absolute atomic E-state index is 0.0869. The highest BCUT2D eigenvalue weighted by molar-refractivity contribution is 6.18. The number of hydrogen-bond acceptors (Lipinski definition) is 3. The summed E-state index contributed by atoms with van der Waals surface area (Å²) in [6.45, 7) is 2.57. The minimum Gasteiger partial charge on any atom is -0.367 e. The van der Waals surface area contributed by atoms with E-state index in [-0.39, 0.29) is 11.2 Å². The van der Waals surface area contributed by atoms with Crippen molar-refractivity contribution in [2.45, 2.75) is 45.4 Å². The van der Waals surface area contributed by atoms with Crippen molar-refractivity contribution in [1.29, 1.82) is 0 Å². The maximum absolute atomic E-state index is 14.0. The molecule has 0 aliphatic heterocycles. The maximum atomic E-state index is 14.0. The lowest BCUT2D eigenvalue weighted by molar-refractivity contribution is 0.237. The van der Waals surface area contributed by atoms with Crippen LogP contribution >= 0.6 is 11.6 Å². The van der Waals surface area contributed by atoms with E-state index in [1.807, 2.05) is 6.92 Å². The lowest BCUT2D eigenvalue weighted by Gasteiger charge is -2.35. The fraction of sp³-hybridized carbons (Fsp3) is 0.714. The Morgan fingerprint density at radius 2 is 2.05 bits per heavy atom. The predicted octanol–water partition coefficient (Wildman–Crippen LogP) is 3.78. The molecule has 106 valence electrons. The van der Waals surface area contributed by atoms with Crippen molar-refractivity contribution in [3.05, 3.63) is 17.8 Å². The van der Waals surface area contributed by atoms with Gasteiger partial charge in [-0.15, -0.1) is 11.6 Å². The first-order valence-corrected chi connectivity index (χ1v) is 7.53. The van der Waals surface area contributed by atoms with Crippen molar-refractivity contribution in [2.75, 3.05) is 17.7 Å². The molecule has 0 bridgehead atoms. The molecule has 1 saturated carbocycles. The molecule has 0 unspecified atom stereocenters. The number of halogens is 2. The van der Waals surface area contributed by atoms with Gasteiger partial charge < -0.3 is 5.32 Å². The van der Waals surface area contributed by atoms with Crippen molar-refractivity contribution >= 4 is 17.4 Å². The van der Waals surface area contributed by atoms with Gasteiger partial charge in [-0.05, 0) is 19.3 Å². The fourth-order valence-electron chi connectivity index (χ4n) is 2.71. The van der Waals surface area contributed by atoms with E-state index in [1.54, 1.807) is 0 Å². The molecule has 5 heteroatoms. The molecule has 0 aromatic carbocycles. The monoisotopic (exact) mass is 285 g/mol. The van der Waals surface area contributed by atoms with Crippen molar-refractivity contribution in [3.8, 4) is 0 Å². The second-order valence-corrected chi connectivity index (χ2v) is 5.65. The van der Waals surface area contributed by atoms with E-state index in [4.69, 9.17) is 11.6 Å². The quantitative estimate of drug-likeness (QED) is 0.837. The van der Waals surface area contributed by atoms with Crippen molar-refractivity contribution in [3.63, 3.8) is 0 Å². The van der Waals surface area contributed by atoms with Crippen LogP contribution in [0.4, 0.5) is 10.2 Å². The van der Waals surface area contributed by atoms with Crippen molar-refractivity contribution < 1.29 is 4.39 Å². The normalized spacial score (nSPS) is 18.3. The number of aryl methyl sites for hydroxylation is 1. The second kappa shape index (κ2) is 6.51. The average Bonchev–Trinajstić information content (AvgIpc) is 2.47. The maximum Gasteiger partial charge on any atom is 0.186 e. The van der Waals surface area contributed by atoms with Gasteiger partial charge >= 0.3 is 0 Å². The van der Waals surface area contributed by atoms with Crippen LogP contribution in [0.1, 0.15) is 44.7 Å². The average molecular weight is 286 g/mol. The summed E-state index contributed by atoms with van der Waals surface area (Å²) in [4.78, 5) is 7.93. The van der Waals surface area contributed by atoms with Crippen LogP contribution in [-0.4, -0.2) is 22.4 Å².